The van der Waals surface area contributed by atoms with E-state index in [0.717, 1.165) is 49.9 Å². The number of piperidine rings is 1. The first-order valence-electron chi connectivity index (χ1n) is 7.82. The van der Waals surface area contributed by atoms with Gasteiger partial charge in [-0.15, -0.1) is 0 Å². The van der Waals surface area contributed by atoms with E-state index in [1.165, 1.54) is 0 Å². The number of anilines is 2. The lowest BCUT2D eigenvalue weighted by molar-refractivity contribution is -0.169. The van der Waals surface area contributed by atoms with Crippen molar-refractivity contribution in [3.8, 4) is 0 Å². The maximum Gasteiger partial charge on any atom is 0.171 e. The highest BCUT2D eigenvalue weighted by atomic mass is 16.7. The molecule has 1 aromatic rings. The average molecular weight is 308 g/mol. The van der Waals surface area contributed by atoms with Crippen molar-refractivity contribution in [3.05, 3.63) is 11.9 Å². The predicted molar refractivity (Wildman–Crippen MR) is 83.2 cm³/mol. The summed E-state index contributed by atoms with van der Waals surface area (Å²) >= 11 is 0. The highest BCUT2D eigenvalue weighted by Crippen LogP contribution is 2.33. The van der Waals surface area contributed by atoms with E-state index in [1.54, 1.807) is 7.11 Å². The molecule has 0 saturated carbocycles. The summed E-state index contributed by atoms with van der Waals surface area (Å²) in [6.45, 7) is 6.48. The Bertz CT molecular complexity index is 496. The molecule has 1 aromatic heterocycles. The van der Waals surface area contributed by atoms with Crippen molar-refractivity contribution in [1.29, 1.82) is 0 Å². The topological polar surface area (TPSA) is 68.7 Å². The molecule has 7 heteroatoms. The van der Waals surface area contributed by atoms with Gasteiger partial charge in [-0.1, -0.05) is 0 Å². The second-order valence-electron chi connectivity index (χ2n) is 5.67. The predicted octanol–water partition coefficient (Wildman–Crippen LogP) is 1.19. The van der Waals surface area contributed by atoms with E-state index < -0.39 is 0 Å². The molecule has 1 spiro atoms. The van der Waals surface area contributed by atoms with Gasteiger partial charge in [0, 0.05) is 45.7 Å². The van der Waals surface area contributed by atoms with Crippen LogP contribution in [0.15, 0.2) is 6.07 Å². The third-order valence-corrected chi connectivity index (χ3v) is 4.10. The van der Waals surface area contributed by atoms with Crippen LogP contribution in [-0.4, -0.2) is 62.3 Å². The van der Waals surface area contributed by atoms with Crippen LogP contribution in [0.1, 0.15) is 18.7 Å². The zero-order valence-corrected chi connectivity index (χ0v) is 13.3. The molecule has 2 fully saturated rings. The van der Waals surface area contributed by atoms with Crippen LogP contribution >= 0.6 is 0 Å². The molecule has 0 unspecified atom stereocenters. The van der Waals surface area contributed by atoms with E-state index >= 15 is 0 Å². The number of ether oxygens (including phenoxy) is 3. The first-order chi connectivity index (χ1) is 10.7. The number of rotatable bonds is 5. The summed E-state index contributed by atoms with van der Waals surface area (Å²) in [7, 11) is 1.69. The Labute approximate surface area is 131 Å². The van der Waals surface area contributed by atoms with Crippen LogP contribution in [0.3, 0.4) is 0 Å². The summed E-state index contributed by atoms with van der Waals surface area (Å²) in [5, 5.41) is 3.26. The van der Waals surface area contributed by atoms with Crippen molar-refractivity contribution in [2.24, 2.45) is 0 Å². The van der Waals surface area contributed by atoms with Gasteiger partial charge in [-0.05, 0) is 6.92 Å². The van der Waals surface area contributed by atoms with Crippen molar-refractivity contribution >= 4 is 11.6 Å². The zero-order valence-electron chi connectivity index (χ0n) is 13.3. The number of hydrogen-bond acceptors (Lipinski definition) is 7. The SMILES string of the molecule is COCCNc1cc(N2CCC3(CC2)OCCO3)nc(C)n1. The standard InChI is InChI=1S/C15H24N4O3/c1-12-17-13(16-5-8-20-2)11-14(18-12)19-6-3-15(4-7-19)21-9-10-22-15/h11H,3-10H2,1-2H3,(H,16,17,18). The Balaban J connectivity index is 1.64. The third kappa shape index (κ3) is 3.48. The second kappa shape index (κ2) is 6.76. The van der Waals surface area contributed by atoms with Crippen molar-refractivity contribution in [1.82, 2.24) is 9.97 Å². The molecule has 22 heavy (non-hydrogen) atoms. The molecular weight excluding hydrogens is 284 g/mol. The third-order valence-electron chi connectivity index (χ3n) is 4.10. The van der Waals surface area contributed by atoms with Gasteiger partial charge in [0.1, 0.15) is 17.5 Å². The van der Waals surface area contributed by atoms with E-state index in [-0.39, 0.29) is 5.79 Å². The molecule has 2 aliphatic rings. The van der Waals surface area contributed by atoms with Gasteiger partial charge in [0.25, 0.3) is 0 Å². The molecule has 0 bridgehead atoms. The lowest BCUT2D eigenvalue weighted by atomic mass is 10.0. The Morgan fingerprint density at radius 3 is 2.68 bits per heavy atom. The molecule has 3 rings (SSSR count). The summed E-state index contributed by atoms with van der Waals surface area (Å²) in [6.07, 6.45) is 1.75. The van der Waals surface area contributed by atoms with Crippen LogP contribution in [0.4, 0.5) is 11.6 Å². The van der Waals surface area contributed by atoms with Crippen LogP contribution in [0.5, 0.6) is 0 Å². The number of aromatic nitrogens is 2. The molecule has 0 amide bonds. The lowest BCUT2D eigenvalue weighted by Crippen LogP contribution is -2.45. The van der Waals surface area contributed by atoms with Crippen molar-refractivity contribution in [2.75, 3.05) is 56.8 Å². The van der Waals surface area contributed by atoms with Crippen LogP contribution in [0, 0.1) is 6.92 Å². The van der Waals surface area contributed by atoms with Gasteiger partial charge in [0.15, 0.2) is 5.79 Å². The van der Waals surface area contributed by atoms with Crippen LogP contribution in [-0.2, 0) is 14.2 Å². The number of hydrogen-bond donors (Lipinski definition) is 1. The molecule has 3 heterocycles. The highest BCUT2D eigenvalue weighted by molar-refractivity contribution is 5.49. The quantitative estimate of drug-likeness (QED) is 0.819. The van der Waals surface area contributed by atoms with E-state index in [1.807, 2.05) is 13.0 Å². The Kier molecular flexibility index (Phi) is 4.75. The first-order valence-corrected chi connectivity index (χ1v) is 7.82. The van der Waals surface area contributed by atoms with Crippen molar-refractivity contribution in [2.45, 2.75) is 25.6 Å². The Morgan fingerprint density at radius 1 is 1.27 bits per heavy atom. The summed E-state index contributed by atoms with van der Waals surface area (Å²) in [6, 6.07) is 2.00. The number of methoxy groups -OCH3 is 1. The van der Waals surface area contributed by atoms with Gasteiger partial charge in [-0.3, -0.25) is 0 Å². The van der Waals surface area contributed by atoms with Gasteiger partial charge in [-0.2, -0.15) is 0 Å². The van der Waals surface area contributed by atoms with Gasteiger partial charge < -0.3 is 24.4 Å². The highest BCUT2D eigenvalue weighted by Gasteiger charge is 2.40. The number of aryl methyl sites for hydroxylation is 1. The van der Waals surface area contributed by atoms with Crippen LogP contribution in [0.25, 0.3) is 0 Å². The maximum absolute atomic E-state index is 5.77. The molecule has 0 aromatic carbocycles. The minimum absolute atomic E-state index is 0.349. The van der Waals surface area contributed by atoms with E-state index in [9.17, 15) is 0 Å². The van der Waals surface area contributed by atoms with Gasteiger partial charge in [-0.25, -0.2) is 9.97 Å². The normalized spacial score (nSPS) is 20.5. The fourth-order valence-corrected chi connectivity index (χ4v) is 2.95. The number of nitrogens with zero attached hydrogens (tertiary/aromatic N) is 3. The molecule has 0 aliphatic carbocycles. The molecular formula is C15H24N4O3. The smallest absolute Gasteiger partial charge is 0.171 e. The molecule has 7 nitrogen and oxygen atoms in total. The van der Waals surface area contributed by atoms with Crippen LogP contribution in [0.2, 0.25) is 0 Å². The Morgan fingerprint density at radius 2 is 2.00 bits per heavy atom. The van der Waals surface area contributed by atoms with E-state index in [2.05, 4.69) is 20.2 Å². The minimum atomic E-state index is -0.349. The van der Waals surface area contributed by atoms with Crippen molar-refractivity contribution < 1.29 is 14.2 Å². The molecule has 0 atom stereocenters. The van der Waals surface area contributed by atoms with Gasteiger partial charge in [0.2, 0.25) is 0 Å². The van der Waals surface area contributed by atoms with E-state index in [4.69, 9.17) is 14.2 Å². The molecule has 2 aliphatic heterocycles. The first kappa shape index (κ1) is 15.5. The zero-order chi connectivity index (χ0) is 15.4. The molecule has 122 valence electrons. The second-order valence-corrected chi connectivity index (χ2v) is 5.67. The molecule has 2 saturated heterocycles. The molecule has 0 radical (unpaired) electrons. The maximum atomic E-state index is 5.77. The van der Waals surface area contributed by atoms with Gasteiger partial charge in [0.05, 0.1) is 19.8 Å². The monoisotopic (exact) mass is 308 g/mol. The summed E-state index contributed by atoms with van der Waals surface area (Å²) in [4.78, 5) is 11.3. The lowest BCUT2D eigenvalue weighted by Gasteiger charge is -2.38. The fourth-order valence-electron chi connectivity index (χ4n) is 2.95. The Hall–Kier alpha value is -1.44. The largest absolute Gasteiger partial charge is 0.383 e. The molecule has 1 N–H and O–H groups in total. The minimum Gasteiger partial charge on any atom is -0.383 e. The average Bonchev–Trinajstić information content (AvgIpc) is 2.96. The summed E-state index contributed by atoms with van der Waals surface area (Å²) < 4.78 is 16.6. The van der Waals surface area contributed by atoms with Gasteiger partial charge >= 0.3 is 0 Å². The van der Waals surface area contributed by atoms with Crippen LogP contribution < -0.4 is 10.2 Å². The number of nitrogens with one attached hydrogen (secondary N) is 1. The fraction of sp³-hybridized carbons (Fsp3) is 0.733. The van der Waals surface area contributed by atoms with Crippen molar-refractivity contribution in [3.63, 3.8) is 0 Å². The summed E-state index contributed by atoms with van der Waals surface area (Å²) in [5.41, 5.74) is 0. The van der Waals surface area contributed by atoms with E-state index in [0.29, 0.717) is 19.8 Å². The summed E-state index contributed by atoms with van der Waals surface area (Å²) in [5.74, 6) is 2.22.